The van der Waals surface area contributed by atoms with Gasteiger partial charge in [0, 0.05) is 27.8 Å². The highest BCUT2D eigenvalue weighted by Crippen LogP contribution is 2.34. The second-order valence-corrected chi connectivity index (χ2v) is 5.53. The van der Waals surface area contributed by atoms with Gasteiger partial charge in [0.25, 0.3) is 0 Å². The van der Waals surface area contributed by atoms with Crippen molar-refractivity contribution >= 4 is 32.7 Å². The Morgan fingerprint density at radius 1 is 1.35 bits per heavy atom. The van der Waals surface area contributed by atoms with E-state index in [1.54, 1.807) is 12.3 Å². The van der Waals surface area contributed by atoms with Crippen LogP contribution in [0.4, 0.5) is 8.78 Å². The lowest BCUT2D eigenvalue weighted by Gasteiger charge is -2.11. The summed E-state index contributed by atoms with van der Waals surface area (Å²) < 4.78 is 30.0. The molecule has 0 radical (unpaired) electrons. The average Bonchev–Trinajstić information content (AvgIpc) is 2.91. The fourth-order valence-electron chi connectivity index (χ4n) is 2.23. The number of nitrogens with zero attached hydrogens (tertiary/aromatic N) is 1. The number of aromatic hydroxyl groups is 1. The lowest BCUT2D eigenvalue weighted by molar-refractivity contribution is -0.0515. The summed E-state index contributed by atoms with van der Waals surface area (Å²) >= 11 is 3.26. The third kappa shape index (κ3) is 2.89. The van der Waals surface area contributed by atoms with Gasteiger partial charge in [-0.1, -0.05) is 6.07 Å². The molecule has 0 bridgehead atoms. The number of phenolic OH excluding ortho intramolecular Hbond substituents is 1. The molecule has 0 saturated carbocycles. The summed E-state index contributed by atoms with van der Waals surface area (Å²) in [7, 11) is 0. The minimum absolute atomic E-state index is 0.161. The Morgan fingerprint density at radius 3 is 2.87 bits per heavy atom. The third-order valence-electron chi connectivity index (χ3n) is 3.19. The molecule has 23 heavy (non-hydrogen) atoms. The molecule has 0 saturated heterocycles. The van der Waals surface area contributed by atoms with Gasteiger partial charge >= 0.3 is 6.61 Å². The molecule has 2 N–H and O–H groups in total. The van der Waals surface area contributed by atoms with E-state index < -0.39 is 23.9 Å². The number of halogens is 3. The first-order valence-electron chi connectivity index (χ1n) is 6.41. The van der Waals surface area contributed by atoms with Crippen LogP contribution in [0.1, 0.15) is 15.9 Å². The summed E-state index contributed by atoms with van der Waals surface area (Å²) in [4.78, 5) is 19.6. The van der Waals surface area contributed by atoms with Gasteiger partial charge in [-0.05, 0) is 34.1 Å². The van der Waals surface area contributed by atoms with E-state index in [2.05, 4.69) is 30.6 Å². The number of hydrogen-bond acceptors (Lipinski definition) is 4. The van der Waals surface area contributed by atoms with E-state index >= 15 is 0 Å². The Balaban J connectivity index is 2.13. The summed E-state index contributed by atoms with van der Waals surface area (Å²) in [6.45, 7) is -3.16. The van der Waals surface area contributed by atoms with Crippen molar-refractivity contribution < 1.29 is 23.4 Å². The fourth-order valence-corrected chi connectivity index (χ4v) is 2.56. The Hall–Kier alpha value is -2.48. The van der Waals surface area contributed by atoms with Gasteiger partial charge in [-0.2, -0.15) is 8.78 Å². The number of fused-ring (bicyclic) bond motifs is 1. The molecule has 0 aliphatic heterocycles. The van der Waals surface area contributed by atoms with Crippen LogP contribution < -0.4 is 4.74 Å². The molecule has 0 unspecified atom stereocenters. The number of ketones is 1. The van der Waals surface area contributed by atoms with E-state index in [-0.39, 0.29) is 11.1 Å². The number of hydrogen-bond donors (Lipinski definition) is 2. The zero-order valence-corrected chi connectivity index (χ0v) is 13.0. The van der Waals surface area contributed by atoms with Crippen LogP contribution in [-0.4, -0.2) is 27.5 Å². The molecule has 0 amide bonds. The van der Waals surface area contributed by atoms with Crippen molar-refractivity contribution in [2.24, 2.45) is 0 Å². The lowest BCUT2D eigenvalue weighted by Crippen LogP contribution is -2.09. The summed E-state index contributed by atoms with van der Waals surface area (Å²) in [6, 6.07) is 5.54. The van der Waals surface area contributed by atoms with E-state index in [9.17, 15) is 18.7 Å². The molecular formula is C15H9BrF2N2O3. The smallest absolute Gasteiger partial charge is 0.387 e. The number of phenols is 1. The fraction of sp³-hybridized carbons (Fsp3) is 0.0667. The molecule has 2 heterocycles. The number of para-hydroxylation sites is 1. The summed E-state index contributed by atoms with van der Waals surface area (Å²) in [6.07, 6.45) is 3.00. The minimum atomic E-state index is -3.16. The van der Waals surface area contributed by atoms with Crippen molar-refractivity contribution in [3.8, 4) is 11.5 Å². The number of aromatic nitrogens is 2. The molecule has 2 aromatic heterocycles. The SMILES string of the molecule is O=C(c1cccc(O)c1OC(F)F)c1c[nH]c2ncc(Br)cc12. The van der Waals surface area contributed by atoms with Crippen molar-refractivity contribution in [2.75, 3.05) is 0 Å². The Kier molecular flexibility index (Phi) is 3.99. The first-order chi connectivity index (χ1) is 11.0. The Labute approximate surface area is 137 Å². The largest absolute Gasteiger partial charge is 0.504 e. The van der Waals surface area contributed by atoms with Crippen LogP contribution in [-0.2, 0) is 0 Å². The lowest BCUT2D eigenvalue weighted by atomic mass is 10.0. The minimum Gasteiger partial charge on any atom is -0.504 e. The number of rotatable bonds is 4. The second-order valence-electron chi connectivity index (χ2n) is 4.61. The Morgan fingerprint density at radius 2 is 2.13 bits per heavy atom. The van der Waals surface area contributed by atoms with Crippen LogP contribution >= 0.6 is 15.9 Å². The van der Waals surface area contributed by atoms with Crippen LogP contribution in [0.3, 0.4) is 0 Å². The average molecular weight is 383 g/mol. The molecule has 3 rings (SSSR count). The molecular weight excluding hydrogens is 374 g/mol. The van der Waals surface area contributed by atoms with Crippen molar-refractivity contribution in [3.63, 3.8) is 0 Å². The highest BCUT2D eigenvalue weighted by atomic mass is 79.9. The van der Waals surface area contributed by atoms with Crippen molar-refractivity contribution in [2.45, 2.75) is 6.61 Å². The van der Waals surface area contributed by atoms with Crippen molar-refractivity contribution in [1.29, 1.82) is 0 Å². The summed E-state index contributed by atoms with van der Waals surface area (Å²) in [5.41, 5.74) is 0.553. The second kappa shape index (κ2) is 5.96. The monoisotopic (exact) mass is 382 g/mol. The first kappa shape index (κ1) is 15.4. The molecule has 118 valence electrons. The van der Waals surface area contributed by atoms with Crippen LogP contribution in [0, 0.1) is 0 Å². The summed E-state index contributed by atoms with van der Waals surface area (Å²) in [5.74, 6) is -1.65. The van der Waals surface area contributed by atoms with Gasteiger partial charge in [-0.3, -0.25) is 4.79 Å². The molecule has 0 aliphatic carbocycles. The standard InChI is InChI=1S/C15H9BrF2N2O3/c16-7-4-9-10(6-20-14(9)19-5-7)12(22)8-2-1-3-11(21)13(8)23-15(17)18/h1-6,15,21H,(H,19,20). The number of H-pyrrole nitrogens is 1. The van der Waals surface area contributed by atoms with E-state index in [0.717, 1.165) is 0 Å². The quantitative estimate of drug-likeness (QED) is 0.671. The predicted octanol–water partition coefficient (Wildman–Crippen LogP) is 3.86. The number of carbonyl (C=O) groups excluding carboxylic acids is 1. The predicted molar refractivity (Wildman–Crippen MR) is 82.0 cm³/mol. The normalized spacial score (nSPS) is 11.1. The maximum Gasteiger partial charge on any atom is 0.387 e. The number of ether oxygens (including phenoxy) is 1. The molecule has 8 heteroatoms. The maximum atomic E-state index is 12.7. The molecule has 0 spiro atoms. The molecule has 0 atom stereocenters. The van der Waals surface area contributed by atoms with Gasteiger partial charge in [-0.15, -0.1) is 0 Å². The number of pyridine rings is 1. The number of benzene rings is 1. The van der Waals surface area contributed by atoms with Gasteiger partial charge in [0.15, 0.2) is 17.3 Å². The highest BCUT2D eigenvalue weighted by molar-refractivity contribution is 9.10. The number of alkyl halides is 2. The molecule has 5 nitrogen and oxygen atoms in total. The Bertz CT molecular complexity index is 896. The molecule has 0 aliphatic rings. The molecule has 0 fully saturated rings. The number of carbonyl (C=O) groups is 1. The number of aromatic amines is 1. The van der Waals surface area contributed by atoms with Gasteiger partial charge in [-0.25, -0.2) is 4.98 Å². The van der Waals surface area contributed by atoms with E-state index in [4.69, 9.17) is 0 Å². The van der Waals surface area contributed by atoms with Crippen LogP contribution in [0.25, 0.3) is 11.0 Å². The van der Waals surface area contributed by atoms with E-state index in [1.807, 2.05) is 0 Å². The first-order valence-corrected chi connectivity index (χ1v) is 7.21. The maximum absolute atomic E-state index is 12.7. The van der Waals surface area contributed by atoms with Crippen molar-refractivity contribution in [1.82, 2.24) is 9.97 Å². The zero-order valence-electron chi connectivity index (χ0n) is 11.4. The van der Waals surface area contributed by atoms with Gasteiger partial charge < -0.3 is 14.8 Å². The van der Waals surface area contributed by atoms with Crippen LogP contribution in [0.2, 0.25) is 0 Å². The van der Waals surface area contributed by atoms with Gasteiger partial charge in [0.05, 0.1) is 5.56 Å². The zero-order chi connectivity index (χ0) is 16.6. The highest BCUT2D eigenvalue weighted by Gasteiger charge is 2.23. The van der Waals surface area contributed by atoms with Gasteiger partial charge in [0.1, 0.15) is 5.65 Å². The topological polar surface area (TPSA) is 75.2 Å². The number of nitrogens with one attached hydrogen (secondary N) is 1. The molecule has 1 aromatic carbocycles. The summed E-state index contributed by atoms with van der Waals surface area (Å²) in [5, 5.41) is 10.2. The molecule has 3 aromatic rings. The van der Waals surface area contributed by atoms with Crippen molar-refractivity contribution in [3.05, 3.63) is 52.3 Å². The third-order valence-corrected chi connectivity index (χ3v) is 3.62. The van der Waals surface area contributed by atoms with E-state index in [1.165, 1.54) is 24.4 Å². The van der Waals surface area contributed by atoms with Crippen LogP contribution in [0.15, 0.2) is 41.1 Å². The van der Waals surface area contributed by atoms with E-state index in [0.29, 0.717) is 15.5 Å². The van der Waals surface area contributed by atoms with Crippen LogP contribution in [0.5, 0.6) is 11.5 Å². The van der Waals surface area contributed by atoms with Gasteiger partial charge in [0.2, 0.25) is 0 Å².